The van der Waals surface area contributed by atoms with E-state index in [-0.39, 0.29) is 18.8 Å². The summed E-state index contributed by atoms with van der Waals surface area (Å²) in [6.07, 6.45) is 1.77. The van der Waals surface area contributed by atoms with Gasteiger partial charge >= 0.3 is 5.97 Å². The van der Waals surface area contributed by atoms with Crippen LogP contribution >= 0.6 is 50.5 Å². The largest absolute Gasteiger partial charge is 0.497 e. The predicted octanol–water partition coefficient (Wildman–Crippen LogP) is 6.85. The van der Waals surface area contributed by atoms with E-state index in [1.807, 2.05) is 31.2 Å². The number of carbonyl (C=O) groups excluding carboxylic acids is 1. The van der Waals surface area contributed by atoms with E-state index in [0.717, 1.165) is 11.1 Å². The molecule has 45 heavy (non-hydrogen) atoms. The highest BCUT2D eigenvalue weighted by atomic mass is 79.9. The Labute approximate surface area is 282 Å². The molecule has 0 unspecified atom stereocenters. The number of hydrogen-bond acceptors (Lipinski definition) is 8. The van der Waals surface area contributed by atoms with Gasteiger partial charge in [0.1, 0.15) is 12.4 Å². The van der Waals surface area contributed by atoms with Crippen LogP contribution in [0.5, 0.6) is 17.2 Å². The van der Waals surface area contributed by atoms with E-state index in [1.165, 1.54) is 11.3 Å². The Balaban J connectivity index is 1.58. The Morgan fingerprint density at radius 2 is 1.82 bits per heavy atom. The third-order valence-corrected chi connectivity index (χ3v) is 9.12. The number of esters is 1. The summed E-state index contributed by atoms with van der Waals surface area (Å²) in [5, 5.41) is 1.04. The van der Waals surface area contributed by atoms with Crippen LogP contribution in [0, 0.1) is 0 Å². The second-order valence-electron chi connectivity index (χ2n) is 9.86. The van der Waals surface area contributed by atoms with Crippen LogP contribution in [0.4, 0.5) is 0 Å². The second kappa shape index (κ2) is 14.2. The van der Waals surface area contributed by atoms with Gasteiger partial charge in [0.15, 0.2) is 16.3 Å². The minimum atomic E-state index is -0.727. The Morgan fingerprint density at radius 1 is 1.07 bits per heavy atom. The van der Waals surface area contributed by atoms with Crippen molar-refractivity contribution >= 4 is 62.5 Å². The molecule has 0 N–H and O–H groups in total. The molecular formula is C33H29BrCl2N2O6S. The van der Waals surface area contributed by atoms with Gasteiger partial charge in [0.2, 0.25) is 0 Å². The van der Waals surface area contributed by atoms with Gasteiger partial charge in [-0.3, -0.25) is 9.36 Å². The lowest BCUT2D eigenvalue weighted by Gasteiger charge is -2.24. The van der Waals surface area contributed by atoms with Crippen molar-refractivity contribution in [3.8, 4) is 17.2 Å². The van der Waals surface area contributed by atoms with Crippen LogP contribution in [0.3, 0.4) is 0 Å². The first-order valence-electron chi connectivity index (χ1n) is 14.0. The molecule has 5 rings (SSSR count). The topological polar surface area (TPSA) is 88.4 Å². The molecule has 1 atom stereocenters. The van der Waals surface area contributed by atoms with Crippen molar-refractivity contribution < 1.29 is 23.7 Å². The molecular weight excluding hydrogens is 703 g/mol. The van der Waals surface area contributed by atoms with Gasteiger partial charge in [-0.05, 0) is 90.3 Å². The summed E-state index contributed by atoms with van der Waals surface area (Å²) in [5.41, 5.74) is 2.71. The number of carbonyl (C=O) groups is 1. The molecule has 1 aliphatic rings. The normalized spacial score (nSPS) is 14.6. The van der Waals surface area contributed by atoms with Crippen molar-refractivity contribution in [2.24, 2.45) is 4.99 Å². The molecule has 0 spiro atoms. The summed E-state index contributed by atoms with van der Waals surface area (Å²) in [4.78, 5) is 32.3. The lowest BCUT2D eigenvalue weighted by molar-refractivity contribution is -0.139. The summed E-state index contributed by atoms with van der Waals surface area (Å²) < 4.78 is 25.3. The van der Waals surface area contributed by atoms with Crippen LogP contribution < -0.4 is 29.1 Å². The molecule has 0 amide bonds. The maximum absolute atomic E-state index is 14.0. The molecule has 8 nitrogen and oxygen atoms in total. The minimum Gasteiger partial charge on any atom is -0.497 e. The first-order chi connectivity index (χ1) is 21.6. The van der Waals surface area contributed by atoms with E-state index in [0.29, 0.717) is 64.5 Å². The lowest BCUT2D eigenvalue weighted by Crippen LogP contribution is -2.39. The molecule has 2 heterocycles. The van der Waals surface area contributed by atoms with Gasteiger partial charge in [0.05, 0.1) is 46.6 Å². The third-order valence-electron chi connectivity index (χ3n) is 6.97. The molecule has 4 aromatic rings. The zero-order valence-electron chi connectivity index (χ0n) is 24.9. The number of thiazole rings is 1. The smallest absolute Gasteiger partial charge is 0.338 e. The van der Waals surface area contributed by atoms with E-state index in [2.05, 4.69) is 20.9 Å². The number of fused-ring (bicyclic) bond motifs is 1. The SMILES string of the molecule is CCOC(=O)C1=C(C)N=c2s/c(=C\c3cc(Br)c(OCc4ccc(Cl)cc4Cl)c(OCC)c3)c(=O)n2[C@H]1c1ccc(OC)cc1. The molecule has 0 aliphatic carbocycles. The van der Waals surface area contributed by atoms with Gasteiger partial charge in [0.25, 0.3) is 5.56 Å². The van der Waals surface area contributed by atoms with E-state index in [4.69, 9.17) is 42.1 Å². The Morgan fingerprint density at radius 3 is 2.49 bits per heavy atom. The number of allylic oxidation sites excluding steroid dienone is 1. The van der Waals surface area contributed by atoms with Gasteiger partial charge < -0.3 is 18.9 Å². The average Bonchev–Trinajstić information content (AvgIpc) is 3.31. The number of methoxy groups -OCH3 is 1. The van der Waals surface area contributed by atoms with Crippen molar-refractivity contribution in [3.63, 3.8) is 0 Å². The van der Waals surface area contributed by atoms with Crippen molar-refractivity contribution in [3.05, 3.63) is 117 Å². The first-order valence-corrected chi connectivity index (χ1v) is 16.4. The van der Waals surface area contributed by atoms with Crippen molar-refractivity contribution in [1.82, 2.24) is 4.57 Å². The number of ether oxygens (including phenoxy) is 4. The van der Waals surface area contributed by atoms with E-state index in [9.17, 15) is 9.59 Å². The standard InChI is InChI=1S/C33H29BrCl2N2O6S/c1-5-42-26-14-19(13-24(34)30(26)44-17-21-7-10-22(35)16-25(21)36)15-27-31(39)38-29(20-8-11-23(41-4)12-9-20)28(32(40)43-6-2)18(3)37-33(38)45-27/h7-16,29H,5-6,17H2,1-4H3/b27-15-/t29-/m0/s1. The van der Waals surface area contributed by atoms with Crippen molar-refractivity contribution in [2.75, 3.05) is 20.3 Å². The zero-order valence-corrected chi connectivity index (χ0v) is 28.8. The van der Waals surface area contributed by atoms with Crippen molar-refractivity contribution in [2.45, 2.75) is 33.4 Å². The number of nitrogens with zero attached hydrogens (tertiary/aromatic N) is 2. The van der Waals surface area contributed by atoms with Crippen LogP contribution in [-0.4, -0.2) is 30.9 Å². The molecule has 0 bridgehead atoms. The fraction of sp³-hybridized carbons (Fsp3) is 0.242. The quantitative estimate of drug-likeness (QED) is 0.166. The highest BCUT2D eigenvalue weighted by molar-refractivity contribution is 9.10. The maximum atomic E-state index is 14.0. The summed E-state index contributed by atoms with van der Waals surface area (Å²) in [7, 11) is 1.58. The molecule has 1 aliphatic heterocycles. The number of hydrogen-bond donors (Lipinski definition) is 0. The van der Waals surface area contributed by atoms with Gasteiger partial charge in [-0.25, -0.2) is 9.79 Å². The van der Waals surface area contributed by atoms with Crippen molar-refractivity contribution in [1.29, 1.82) is 0 Å². The number of halogens is 3. The highest BCUT2D eigenvalue weighted by Crippen LogP contribution is 2.38. The Hall–Kier alpha value is -3.57. The van der Waals surface area contributed by atoms with E-state index in [1.54, 1.807) is 61.9 Å². The average molecular weight is 732 g/mol. The monoisotopic (exact) mass is 730 g/mol. The summed E-state index contributed by atoms with van der Waals surface area (Å²) in [6.45, 7) is 6.15. The molecule has 0 fully saturated rings. The Bertz CT molecular complexity index is 1970. The zero-order chi connectivity index (χ0) is 32.2. The molecule has 1 aromatic heterocycles. The van der Waals surface area contributed by atoms with Crippen LogP contribution in [0.25, 0.3) is 6.08 Å². The van der Waals surface area contributed by atoms with Gasteiger partial charge in [-0.1, -0.05) is 52.7 Å². The molecule has 3 aromatic carbocycles. The fourth-order valence-electron chi connectivity index (χ4n) is 4.91. The molecule has 12 heteroatoms. The number of benzene rings is 3. The maximum Gasteiger partial charge on any atom is 0.338 e. The van der Waals surface area contributed by atoms with Crippen LogP contribution in [0.2, 0.25) is 10.0 Å². The second-order valence-corrected chi connectivity index (χ2v) is 12.6. The summed E-state index contributed by atoms with van der Waals surface area (Å²) in [5.74, 6) is 1.13. The predicted molar refractivity (Wildman–Crippen MR) is 179 cm³/mol. The highest BCUT2D eigenvalue weighted by Gasteiger charge is 2.33. The minimum absolute atomic E-state index is 0.193. The third kappa shape index (κ3) is 6.99. The van der Waals surface area contributed by atoms with Crippen LogP contribution in [0.1, 0.15) is 43.5 Å². The fourth-order valence-corrected chi connectivity index (χ4v) is 6.99. The van der Waals surface area contributed by atoms with E-state index < -0.39 is 12.0 Å². The lowest BCUT2D eigenvalue weighted by atomic mass is 9.96. The molecule has 234 valence electrons. The van der Waals surface area contributed by atoms with Gasteiger partial charge in [-0.2, -0.15) is 0 Å². The van der Waals surface area contributed by atoms with Crippen LogP contribution in [-0.2, 0) is 16.1 Å². The number of aromatic nitrogens is 1. The summed E-state index contributed by atoms with van der Waals surface area (Å²) in [6, 6.07) is 15.4. The van der Waals surface area contributed by atoms with Gasteiger partial charge in [-0.15, -0.1) is 0 Å². The Kier molecular flexibility index (Phi) is 10.4. The summed E-state index contributed by atoms with van der Waals surface area (Å²) >= 11 is 17.2. The number of rotatable bonds is 10. The van der Waals surface area contributed by atoms with Gasteiger partial charge in [0, 0.05) is 15.6 Å². The first kappa shape index (κ1) is 32.8. The molecule has 0 radical (unpaired) electrons. The molecule has 0 saturated carbocycles. The molecule has 0 saturated heterocycles. The van der Waals surface area contributed by atoms with Crippen LogP contribution in [0.15, 0.2) is 80.1 Å². The van der Waals surface area contributed by atoms with E-state index >= 15 is 0 Å².